The van der Waals surface area contributed by atoms with Gasteiger partial charge in [-0.1, -0.05) is 36.4 Å². The van der Waals surface area contributed by atoms with Gasteiger partial charge < -0.3 is 9.88 Å². The van der Waals surface area contributed by atoms with E-state index in [1.807, 2.05) is 41.4 Å². The van der Waals surface area contributed by atoms with E-state index in [0.29, 0.717) is 0 Å². The van der Waals surface area contributed by atoms with Crippen LogP contribution in [0.5, 0.6) is 0 Å². The highest BCUT2D eigenvalue weighted by Crippen LogP contribution is 2.41. The zero-order valence-electron chi connectivity index (χ0n) is 10.9. The van der Waals surface area contributed by atoms with Gasteiger partial charge in [0.1, 0.15) is 0 Å². The molecule has 1 N–H and O–H groups in total. The van der Waals surface area contributed by atoms with Crippen molar-refractivity contribution in [3.05, 3.63) is 65.9 Å². The van der Waals surface area contributed by atoms with E-state index in [-0.39, 0.29) is 6.04 Å². The number of aromatic amines is 1. The summed E-state index contributed by atoms with van der Waals surface area (Å²) in [6.45, 7) is 0. The van der Waals surface area contributed by atoms with E-state index < -0.39 is 0 Å². The van der Waals surface area contributed by atoms with E-state index >= 15 is 0 Å². The number of carbonyl (C=O) groups is 1. The fraction of sp³-hybridized carbons (Fsp3) is 0.118. The zero-order chi connectivity index (χ0) is 13.5. The van der Waals surface area contributed by atoms with Crippen LogP contribution < -0.4 is 4.90 Å². The van der Waals surface area contributed by atoms with Crippen LogP contribution in [0.3, 0.4) is 0 Å². The molecule has 0 saturated heterocycles. The van der Waals surface area contributed by atoms with Gasteiger partial charge >= 0.3 is 0 Å². The molecule has 2 aromatic carbocycles. The van der Waals surface area contributed by atoms with E-state index in [2.05, 4.69) is 23.2 Å². The van der Waals surface area contributed by atoms with Crippen LogP contribution in [-0.4, -0.2) is 11.4 Å². The van der Waals surface area contributed by atoms with E-state index in [4.69, 9.17) is 0 Å². The van der Waals surface area contributed by atoms with Crippen molar-refractivity contribution in [2.45, 2.75) is 12.5 Å². The van der Waals surface area contributed by atoms with Gasteiger partial charge in [-0.05, 0) is 24.1 Å². The Morgan fingerprint density at radius 1 is 1.10 bits per heavy atom. The number of amides is 1. The molecule has 4 rings (SSSR count). The number of rotatable bonds is 2. The van der Waals surface area contributed by atoms with E-state index in [9.17, 15) is 4.79 Å². The normalized spacial score (nSPS) is 17.4. The molecule has 1 unspecified atom stereocenters. The lowest BCUT2D eigenvalue weighted by Crippen LogP contribution is -2.22. The molecule has 20 heavy (non-hydrogen) atoms. The number of carbonyl (C=O) groups excluding carboxylic acids is 1. The first-order chi connectivity index (χ1) is 9.88. The van der Waals surface area contributed by atoms with Gasteiger partial charge in [-0.15, -0.1) is 0 Å². The molecule has 0 aliphatic carbocycles. The lowest BCUT2D eigenvalue weighted by molar-refractivity contribution is -0.107. The summed E-state index contributed by atoms with van der Waals surface area (Å²) in [4.78, 5) is 16.7. The van der Waals surface area contributed by atoms with Crippen LogP contribution in [0.25, 0.3) is 10.9 Å². The average molecular weight is 262 g/mol. The third-order valence-corrected chi connectivity index (χ3v) is 4.11. The molecule has 3 aromatic rings. The summed E-state index contributed by atoms with van der Waals surface area (Å²) >= 11 is 0. The summed E-state index contributed by atoms with van der Waals surface area (Å²) in [6.07, 6.45) is 3.84. The Bertz CT molecular complexity index is 790. The molecule has 1 atom stereocenters. The van der Waals surface area contributed by atoms with E-state index in [1.165, 1.54) is 16.5 Å². The van der Waals surface area contributed by atoms with Gasteiger partial charge in [0.2, 0.25) is 6.41 Å². The molecule has 1 aromatic heterocycles. The highest BCUT2D eigenvalue weighted by atomic mass is 16.1. The van der Waals surface area contributed by atoms with Crippen LogP contribution in [0.15, 0.2) is 54.7 Å². The maximum absolute atomic E-state index is 11.5. The molecule has 0 saturated carbocycles. The maximum Gasteiger partial charge on any atom is 0.214 e. The predicted octanol–water partition coefficient (Wildman–Crippen LogP) is 3.43. The Hall–Kier alpha value is -2.55. The van der Waals surface area contributed by atoms with E-state index in [0.717, 1.165) is 24.0 Å². The van der Waals surface area contributed by atoms with Crippen molar-refractivity contribution in [2.75, 3.05) is 4.90 Å². The first-order valence-corrected chi connectivity index (χ1v) is 6.76. The number of fused-ring (bicyclic) bond motifs is 2. The van der Waals surface area contributed by atoms with Crippen molar-refractivity contribution in [2.24, 2.45) is 0 Å². The summed E-state index contributed by atoms with van der Waals surface area (Å²) in [5, 5.41) is 1.19. The van der Waals surface area contributed by atoms with Crippen molar-refractivity contribution < 1.29 is 4.79 Å². The van der Waals surface area contributed by atoms with E-state index in [1.54, 1.807) is 0 Å². The second-order valence-electron chi connectivity index (χ2n) is 5.15. The Balaban J connectivity index is 1.86. The lowest BCUT2D eigenvalue weighted by atomic mass is 10.0. The maximum atomic E-state index is 11.5. The van der Waals surface area contributed by atoms with Crippen LogP contribution in [0, 0.1) is 0 Å². The number of nitrogens with one attached hydrogen (secondary N) is 1. The van der Waals surface area contributed by atoms with Gasteiger partial charge in [-0.25, -0.2) is 0 Å². The predicted molar refractivity (Wildman–Crippen MR) is 79.7 cm³/mol. The number of benzene rings is 2. The number of aromatic nitrogens is 1. The van der Waals surface area contributed by atoms with Gasteiger partial charge in [-0.2, -0.15) is 0 Å². The molecule has 98 valence electrons. The molecule has 2 heterocycles. The van der Waals surface area contributed by atoms with Crippen molar-refractivity contribution in [3.8, 4) is 0 Å². The fourth-order valence-electron chi connectivity index (χ4n) is 3.17. The number of nitrogens with zero attached hydrogens (tertiary/aromatic N) is 1. The summed E-state index contributed by atoms with van der Waals surface area (Å²) in [5.41, 5.74) is 4.56. The number of hydrogen-bond donors (Lipinski definition) is 1. The van der Waals surface area contributed by atoms with Crippen molar-refractivity contribution in [1.82, 2.24) is 4.98 Å². The Labute approximate surface area is 116 Å². The highest BCUT2D eigenvalue weighted by molar-refractivity contribution is 5.88. The molecule has 1 aliphatic heterocycles. The molecule has 3 heteroatoms. The third-order valence-electron chi connectivity index (χ3n) is 4.11. The zero-order valence-corrected chi connectivity index (χ0v) is 10.9. The summed E-state index contributed by atoms with van der Waals surface area (Å²) < 4.78 is 0. The summed E-state index contributed by atoms with van der Waals surface area (Å²) in [6, 6.07) is 16.4. The van der Waals surface area contributed by atoms with Crippen molar-refractivity contribution in [1.29, 1.82) is 0 Å². The Morgan fingerprint density at radius 3 is 2.80 bits per heavy atom. The van der Waals surface area contributed by atoms with Crippen LogP contribution in [0.2, 0.25) is 0 Å². The first-order valence-electron chi connectivity index (χ1n) is 6.76. The third kappa shape index (κ3) is 1.50. The SMILES string of the molecule is O=CN1c2ccccc2CC1c1c[nH]c2ccccc12. The molecule has 0 spiro atoms. The van der Waals surface area contributed by atoms with Crippen molar-refractivity contribution in [3.63, 3.8) is 0 Å². The lowest BCUT2D eigenvalue weighted by Gasteiger charge is -2.20. The van der Waals surface area contributed by atoms with Gasteiger partial charge in [0, 0.05) is 28.4 Å². The Kier molecular flexibility index (Phi) is 2.39. The fourth-order valence-corrected chi connectivity index (χ4v) is 3.17. The second-order valence-corrected chi connectivity index (χ2v) is 5.15. The van der Waals surface area contributed by atoms with Crippen LogP contribution in [-0.2, 0) is 11.2 Å². The molecular weight excluding hydrogens is 248 g/mol. The first kappa shape index (κ1) is 11.3. The van der Waals surface area contributed by atoms with Crippen LogP contribution >= 0.6 is 0 Å². The molecule has 1 aliphatic rings. The van der Waals surface area contributed by atoms with Gasteiger partial charge in [-0.3, -0.25) is 4.79 Å². The molecule has 0 bridgehead atoms. The van der Waals surface area contributed by atoms with Crippen LogP contribution in [0.4, 0.5) is 5.69 Å². The quantitative estimate of drug-likeness (QED) is 0.706. The largest absolute Gasteiger partial charge is 0.361 e. The minimum Gasteiger partial charge on any atom is -0.361 e. The molecule has 0 radical (unpaired) electrons. The molecule has 0 fully saturated rings. The average Bonchev–Trinajstić information content (AvgIpc) is 3.07. The van der Waals surface area contributed by atoms with Crippen molar-refractivity contribution >= 4 is 23.0 Å². The number of anilines is 1. The van der Waals surface area contributed by atoms with Crippen LogP contribution in [0.1, 0.15) is 17.2 Å². The van der Waals surface area contributed by atoms with Gasteiger partial charge in [0.25, 0.3) is 0 Å². The topological polar surface area (TPSA) is 36.1 Å². The number of para-hydroxylation sites is 2. The van der Waals surface area contributed by atoms with Gasteiger partial charge in [0.05, 0.1) is 6.04 Å². The number of H-pyrrole nitrogens is 1. The monoisotopic (exact) mass is 262 g/mol. The molecule has 3 nitrogen and oxygen atoms in total. The summed E-state index contributed by atoms with van der Waals surface area (Å²) in [7, 11) is 0. The molecule has 1 amide bonds. The van der Waals surface area contributed by atoms with Gasteiger partial charge in [0.15, 0.2) is 0 Å². The minimum atomic E-state index is 0.0843. The highest BCUT2D eigenvalue weighted by Gasteiger charge is 2.31. The number of hydrogen-bond acceptors (Lipinski definition) is 1. The summed E-state index contributed by atoms with van der Waals surface area (Å²) in [5.74, 6) is 0. The smallest absolute Gasteiger partial charge is 0.214 e. The minimum absolute atomic E-state index is 0.0843. The Morgan fingerprint density at radius 2 is 1.90 bits per heavy atom. The second kappa shape index (κ2) is 4.23. The standard InChI is InChI=1S/C17H14N2O/c20-11-19-16-8-4-1-5-12(16)9-17(19)14-10-18-15-7-3-2-6-13(14)15/h1-8,10-11,17-18H,9H2. The molecular formula is C17H14N2O.